The van der Waals surface area contributed by atoms with Crippen LogP contribution in [-0.4, -0.2) is 19.5 Å². The number of hydrogen-bond acceptors (Lipinski definition) is 5. The molecule has 4 N–H and O–H groups in total. The number of benzene rings is 1. The molecule has 0 radical (unpaired) electrons. The Morgan fingerprint density at radius 1 is 1.38 bits per heavy atom. The van der Waals surface area contributed by atoms with Crippen molar-refractivity contribution in [3.05, 3.63) is 44.7 Å². The fraction of sp³-hybridized carbons (Fsp3) is 0. The minimum Gasteiger partial charge on any atom is -0.409 e. The highest BCUT2D eigenvalue weighted by Crippen LogP contribution is 2.29. The lowest BCUT2D eigenvalue weighted by molar-refractivity contribution is 0.318. The fourth-order valence-electron chi connectivity index (χ4n) is 1.52. The van der Waals surface area contributed by atoms with Crippen molar-refractivity contribution in [2.45, 2.75) is 4.21 Å². The van der Waals surface area contributed by atoms with Crippen molar-refractivity contribution in [2.24, 2.45) is 10.9 Å². The number of rotatable bonds is 4. The summed E-state index contributed by atoms with van der Waals surface area (Å²) < 4.78 is 28.0. The average Bonchev–Trinajstić information content (AvgIpc) is 2.85. The predicted molar refractivity (Wildman–Crippen MR) is 86.8 cm³/mol. The molecule has 0 amide bonds. The zero-order valence-corrected chi connectivity index (χ0v) is 14.2. The van der Waals surface area contributed by atoms with Gasteiger partial charge in [-0.3, -0.25) is 4.72 Å². The Morgan fingerprint density at radius 2 is 2.10 bits per heavy atom. The largest absolute Gasteiger partial charge is 0.409 e. The average molecular weight is 411 g/mol. The number of nitrogens with two attached hydrogens (primary N) is 1. The van der Waals surface area contributed by atoms with E-state index >= 15 is 0 Å². The van der Waals surface area contributed by atoms with Gasteiger partial charge in [-0.05, 0) is 30.3 Å². The summed E-state index contributed by atoms with van der Waals surface area (Å²) in [5.41, 5.74) is 5.98. The number of nitrogens with one attached hydrogen (secondary N) is 1. The molecule has 1 aromatic carbocycles. The van der Waals surface area contributed by atoms with Gasteiger partial charge in [0.2, 0.25) is 0 Å². The van der Waals surface area contributed by atoms with Crippen molar-refractivity contribution >= 4 is 60.4 Å². The Hall–Kier alpha value is -1.29. The molecule has 0 bridgehead atoms. The van der Waals surface area contributed by atoms with Crippen molar-refractivity contribution in [2.75, 3.05) is 4.72 Å². The van der Waals surface area contributed by atoms with Crippen LogP contribution in [0, 0.1) is 0 Å². The first kappa shape index (κ1) is 16.1. The number of halogens is 2. The van der Waals surface area contributed by atoms with Crippen LogP contribution in [-0.2, 0) is 10.0 Å². The molecule has 0 aliphatic heterocycles. The van der Waals surface area contributed by atoms with Gasteiger partial charge in [0.15, 0.2) is 5.84 Å². The zero-order chi connectivity index (χ0) is 15.6. The number of amidine groups is 1. The van der Waals surface area contributed by atoms with E-state index < -0.39 is 10.0 Å². The van der Waals surface area contributed by atoms with Crippen LogP contribution in [0.5, 0.6) is 0 Å². The molecule has 2 rings (SSSR count). The first-order valence-corrected chi connectivity index (χ1v) is 8.86. The molecule has 0 spiro atoms. The van der Waals surface area contributed by atoms with Gasteiger partial charge in [-0.1, -0.05) is 32.7 Å². The quantitative estimate of drug-likeness (QED) is 0.312. The molecule has 0 unspecified atom stereocenters. The molecule has 1 heterocycles. The molecule has 0 atom stereocenters. The summed E-state index contributed by atoms with van der Waals surface area (Å²) in [7, 11) is -3.80. The topological polar surface area (TPSA) is 105 Å². The number of nitrogens with zero attached hydrogens (tertiary/aromatic N) is 1. The van der Waals surface area contributed by atoms with Crippen molar-refractivity contribution in [1.82, 2.24) is 0 Å². The molecule has 2 aromatic rings. The van der Waals surface area contributed by atoms with Gasteiger partial charge in [0, 0.05) is 10.0 Å². The minimum absolute atomic E-state index is 0.0675. The third kappa shape index (κ3) is 3.67. The molecule has 0 saturated carbocycles. The van der Waals surface area contributed by atoms with Crippen molar-refractivity contribution < 1.29 is 13.6 Å². The first-order valence-electron chi connectivity index (χ1n) is 5.39. The maximum atomic E-state index is 12.3. The van der Waals surface area contributed by atoms with E-state index in [2.05, 4.69) is 25.8 Å². The lowest BCUT2D eigenvalue weighted by Crippen LogP contribution is -2.19. The fourth-order valence-corrected chi connectivity index (χ4v) is 4.43. The third-order valence-corrected chi connectivity index (χ3v) is 6.00. The van der Waals surface area contributed by atoms with Crippen LogP contribution in [0.1, 0.15) is 5.56 Å². The van der Waals surface area contributed by atoms with Crippen LogP contribution >= 0.6 is 38.9 Å². The van der Waals surface area contributed by atoms with Gasteiger partial charge in [-0.25, -0.2) is 8.42 Å². The molecule has 6 nitrogen and oxygen atoms in total. The second-order valence-electron chi connectivity index (χ2n) is 3.84. The van der Waals surface area contributed by atoms with Crippen LogP contribution in [0.15, 0.2) is 44.2 Å². The van der Waals surface area contributed by atoms with E-state index in [9.17, 15) is 8.42 Å². The summed E-state index contributed by atoms with van der Waals surface area (Å²) in [6, 6.07) is 7.58. The standard InChI is InChI=1S/C11H9BrClN3O3S2/c12-6-1-2-7(11(14)15-17)8(5-6)16-21(18,19)10-4-3-9(13)20-10/h1-5,16-17H,(H2,14,15). The lowest BCUT2D eigenvalue weighted by atomic mass is 10.2. The summed E-state index contributed by atoms with van der Waals surface area (Å²) in [6.07, 6.45) is 0. The van der Waals surface area contributed by atoms with Gasteiger partial charge in [0.1, 0.15) is 4.21 Å². The van der Waals surface area contributed by atoms with Crippen LogP contribution in [0.2, 0.25) is 4.34 Å². The Morgan fingerprint density at radius 3 is 2.67 bits per heavy atom. The molecule has 0 saturated heterocycles. The third-order valence-electron chi connectivity index (χ3n) is 2.42. The summed E-state index contributed by atoms with van der Waals surface area (Å²) in [6.45, 7) is 0. The Kier molecular flexibility index (Phi) is 4.77. The van der Waals surface area contributed by atoms with Gasteiger partial charge < -0.3 is 10.9 Å². The van der Waals surface area contributed by atoms with Gasteiger partial charge >= 0.3 is 0 Å². The maximum Gasteiger partial charge on any atom is 0.271 e. The highest BCUT2D eigenvalue weighted by Gasteiger charge is 2.19. The Balaban J connectivity index is 2.46. The van der Waals surface area contributed by atoms with Gasteiger partial charge in [0.05, 0.1) is 10.0 Å². The molecule has 0 aliphatic rings. The van der Waals surface area contributed by atoms with E-state index in [4.69, 9.17) is 22.5 Å². The van der Waals surface area contributed by atoms with Crippen molar-refractivity contribution in [1.29, 1.82) is 0 Å². The van der Waals surface area contributed by atoms with Crippen LogP contribution in [0.4, 0.5) is 5.69 Å². The number of hydrogen-bond donors (Lipinski definition) is 3. The summed E-state index contributed by atoms with van der Waals surface area (Å²) in [4.78, 5) is 0. The van der Waals surface area contributed by atoms with E-state index in [1.807, 2.05) is 0 Å². The summed E-state index contributed by atoms with van der Waals surface area (Å²) >= 11 is 9.91. The number of oxime groups is 1. The second-order valence-corrected chi connectivity index (χ2v) is 8.38. The summed E-state index contributed by atoms with van der Waals surface area (Å²) in [5.74, 6) is -0.204. The molecule has 112 valence electrons. The monoisotopic (exact) mass is 409 g/mol. The van der Waals surface area contributed by atoms with E-state index in [1.165, 1.54) is 24.3 Å². The highest BCUT2D eigenvalue weighted by molar-refractivity contribution is 9.10. The molecule has 21 heavy (non-hydrogen) atoms. The maximum absolute atomic E-state index is 12.3. The first-order chi connectivity index (χ1) is 9.83. The molecule has 10 heteroatoms. The smallest absolute Gasteiger partial charge is 0.271 e. The molecule has 0 fully saturated rings. The predicted octanol–water partition coefficient (Wildman–Crippen LogP) is 3.06. The van der Waals surface area contributed by atoms with Crippen molar-refractivity contribution in [3.8, 4) is 0 Å². The van der Waals surface area contributed by atoms with Crippen LogP contribution in [0.25, 0.3) is 0 Å². The Bertz CT molecular complexity index is 805. The molecule has 1 aromatic heterocycles. The van der Waals surface area contributed by atoms with Crippen molar-refractivity contribution in [3.63, 3.8) is 0 Å². The van der Waals surface area contributed by atoms with Crippen LogP contribution in [0.3, 0.4) is 0 Å². The van der Waals surface area contributed by atoms with E-state index in [-0.39, 0.29) is 21.3 Å². The normalized spacial score (nSPS) is 12.4. The summed E-state index contributed by atoms with van der Waals surface area (Å²) in [5, 5.41) is 11.6. The number of sulfonamides is 1. The van der Waals surface area contributed by atoms with E-state index in [0.717, 1.165) is 11.3 Å². The van der Waals surface area contributed by atoms with Crippen LogP contribution < -0.4 is 10.5 Å². The molecular formula is C11H9BrClN3O3S2. The lowest BCUT2D eigenvalue weighted by Gasteiger charge is -2.11. The second kappa shape index (κ2) is 6.22. The Labute approximate surface area is 138 Å². The van der Waals surface area contributed by atoms with Gasteiger partial charge in [-0.2, -0.15) is 0 Å². The number of thiophene rings is 1. The van der Waals surface area contributed by atoms with Gasteiger partial charge in [-0.15, -0.1) is 11.3 Å². The zero-order valence-electron chi connectivity index (χ0n) is 10.2. The van der Waals surface area contributed by atoms with Gasteiger partial charge in [0.25, 0.3) is 10.0 Å². The van der Waals surface area contributed by atoms with E-state index in [1.54, 1.807) is 6.07 Å². The number of anilines is 1. The molecule has 0 aliphatic carbocycles. The van der Waals surface area contributed by atoms with E-state index in [0.29, 0.717) is 8.81 Å². The SMILES string of the molecule is N/C(=N/O)c1ccc(Br)cc1NS(=O)(=O)c1ccc(Cl)s1. The highest BCUT2D eigenvalue weighted by atomic mass is 79.9. The molecular weight excluding hydrogens is 402 g/mol. The minimum atomic E-state index is -3.80.